The van der Waals surface area contributed by atoms with Crippen molar-refractivity contribution in [1.82, 2.24) is 9.97 Å². The largest absolute Gasteiger partial charge is 0.372 e. The molecule has 0 spiro atoms. The van der Waals surface area contributed by atoms with Crippen molar-refractivity contribution in [2.45, 2.75) is 20.3 Å². The number of halogens is 1. The van der Waals surface area contributed by atoms with Crippen LogP contribution in [0, 0.1) is 17.4 Å². The molecule has 2 aromatic rings. The summed E-state index contributed by atoms with van der Waals surface area (Å²) in [5, 5.41) is 3.11. The molecule has 0 saturated heterocycles. The number of rotatable bonds is 3. The Hall–Kier alpha value is -1.17. The van der Waals surface area contributed by atoms with Gasteiger partial charge in [-0.2, -0.15) is 0 Å². The van der Waals surface area contributed by atoms with Crippen molar-refractivity contribution in [2.75, 3.05) is 12.4 Å². The minimum Gasteiger partial charge on any atom is -0.372 e. The molecule has 18 heavy (non-hydrogen) atoms. The summed E-state index contributed by atoms with van der Waals surface area (Å²) >= 11 is 2.27. The van der Waals surface area contributed by atoms with Gasteiger partial charge in [0, 0.05) is 13.5 Å². The summed E-state index contributed by atoms with van der Waals surface area (Å²) in [5.41, 5.74) is 3.54. The van der Waals surface area contributed by atoms with Crippen LogP contribution in [-0.4, -0.2) is 17.0 Å². The van der Waals surface area contributed by atoms with Crippen LogP contribution in [-0.2, 0) is 6.42 Å². The number of hydrogen-bond donors (Lipinski definition) is 1. The predicted molar refractivity (Wildman–Crippen MR) is 83.0 cm³/mol. The normalized spacial score (nSPS) is 10.4. The molecular weight excluding hydrogens is 337 g/mol. The topological polar surface area (TPSA) is 37.8 Å². The molecule has 0 bridgehead atoms. The Morgan fingerprint density at radius 2 is 1.78 bits per heavy atom. The highest BCUT2D eigenvalue weighted by molar-refractivity contribution is 14.1. The summed E-state index contributed by atoms with van der Waals surface area (Å²) in [5.74, 6) is 1.77. The fourth-order valence-electron chi connectivity index (χ4n) is 1.75. The van der Waals surface area contributed by atoms with E-state index in [0.717, 1.165) is 27.3 Å². The smallest absolute Gasteiger partial charge is 0.143 e. The predicted octanol–water partition coefficient (Wildman–Crippen LogP) is 3.33. The van der Waals surface area contributed by atoms with Crippen LogP contribution in [0.1, 0.15) is 22.6 Å². The van der Waals surface area contributed by atoms with Crippen LogP contribution in [0.5, 0.6) is 0 Å². The lowest BCUT2D eigenvalue weighted by molar-refractivity contribution is 0.935. The Morgan fingerprint density at radius 3 is 2.39 bits per heavy atom. The summed E-state index contributed by atoms with van der Waals surface area (Å²) in [6, 6.07) is 8.50. The number of benzene rings is 1. The van der Waals surface area contributed by atoms with E-state index in [-0.39, 0.29) is 0 Å². The Morgan fingerprint density at radius 1 is 1.11 bits per heavy atom. The van der Waals surface area contributed by atoms with Gasteiger partial charge in [-0.25, -0.2) is 9.97 Å². The Bertz CT molecular complexity index is 550. The first-order valence-electron chi connectivity index (χ1n) is 5.86. The average molecular weight is 353 g/mol. The lowest BCUT2D eigenvalue weighted by Gasteiger charge is -2.08. The first-order valence-corrected chi connectivity index (χ1v) is 6.94. The van der Waals surface area contributed by atoms with Crippen molar-refractivity contribution in [3.05, 3.63) is 50.5 Å². The molecule has 1 heterocycles. The molecule has 0 aliphatic carbocycles. The molecule has 2 rings (SSSR count). The van der Waals surface area contributed by atoms with Gasteiger partial charge in [0.15, 0.2) is 0 Å². The van der Waals surface area contributed by atoms with E-state index in [1.165, 1.54) is 11.1 Å². The molecule has 1 N–H and O–H groups in total. The molecule has 1 aromatic heterocycles. The van der Waals surface area contributed by atoms with Gasteiger partial charge in [-0.3, -0.25) is 0 Å². The van der Waals surface area contributed by atoms with Crippen molar-refractivity contribution in [2.24, 2.45) is 0 Å². The molecule has 0 saturated carbocycles. The van der Waals surface area contributed by atoms with Gasteiger partial charge in [0.25, 0.3) is 0 Å². The van der Waals surface area contributed by atoms with E-state index in [9.17, 15) is 0 Å². The van der Waals surface area contributed by atoms with Gasteiger partial charge in [0.1, 0.15) is 11.6 Å². The third-order valence-corrected chi connectivity index (χ3v) is 4.07. The molecule has 1 aromatic carbocycles. The molecule has 0 aliphatic rings. The monoisotopic (exact) mass is 353 g/mol. The van der Waals surface area contributed by atoms with Crippen molar-refractivity contribution in [3.8, 4) is 0 Å². The highest BCUT2D eigenvalue weighted by Crippen LogP contribution is 2.19. The van der Waals surface area contributed by atoms with E-state index in [1.54, 1.807) is 0 Å². The number of hydrogen-bond acceptors (Lipinski definition) is 3. The zero-order valence-electron chi connectivity index (χ0n) is 10.8. The minimum atomic E-state index is 0.771. The van der Waals surface area contributed by atoms with Crippen molar-refractivity contribution in [1.29, 1.82) is 0 Å². The maximum atomic E-state index is 4.54. The third kappa shape index (κ3) is 2.98. The summed E-state index contributed by atoms with van der Waals surface area (Å²) in [7, 11) is 1.89. The van der Waals surface area contributed by atoms with E-state index in [0.29, 0.717) is 0 Å². The second kappa shape index (κ2) is 5.65. The molecule has 0 aliphatic heterocycles. The van der Waals surface area contributed by atoms with E-state index in [4.69, 9.17) is 0 Å². The van der Waals surface area contributed by atoms with Crippen LogP contribution in [0.25, 0.3) is 0 Å². The van der Waals surface area contributed by atoms with Gasteiger partial charge >= 0.3 is 0 Å². The SMILES string of the molecule is CNc1nc(Cc2ccc(C)cc2)nc(C)c1I. The molecule has 0 radical (unpaired) electrons. The number of anilines is 1. The molecule has 0 unspecified atom stereocenters. The van der Waals surface area contributed by atoms with Crippen LogP contribution in [0.2, 0.25) is 0 Å². The van der Waals surface area contributed by atoms with Crippen LogP contribution in [0.3, 0.4) is 0 Å². The molecular formula is C14H16IN3. The summed E-state index contributed by atoms with van der Waals surface area (Å²) in [4.78, 5) is 9.08. The lowest BCUT2D eigenvalue weighted by Crippen LogP contribution is -2.06. The highest BCUT2D eigenvalue weighted by atomic mass is 127. The number of nitrogens with zero attached hydrogens (tertiary/aromatic N) is 2. The fourth-order valence-corrected chi connectivity index (χ4v) is 2.26. The van der Waals surface area contributed by atoms with E-state index >= 15 is 0 Å². The number of aromatic nitrogens is 2. The molecule has 0 amide bonds. The fraction of sp³-hybridized carbons (Fsp3) is 0.286. The highest BCUT2D eigenvalue weighted by Gasteiger charge is 2.08. The Balaban J connectivity index is 2.29. The van der Waals surface area contributed by atoms with Gasteiger partial charge in [-0.05, 0) is 42.0 Å². The van der Waals surface area contributed by atoms with Crippen LogP contribution in [0.4, 0.5) is 5.82 Å². The van der Waals surface area contributed by atoms with E-state index in [2.05, 4.69) is 69.1 Å². The summed E-state index contributed by atoms with van der Waals surface area (Å²) in [6.45, 7) is 4.11. The van der Waals surface area contributed by atoms with Crippen LogP contribution in [0.15, 0.2) is 24.3 Å². The van der Waals surface area contributed by atoms with Gasteiger partial charge in [0.2, 0.25) is 0 Å². The van der Waals surface area contributed by atoms with Crippen LogP contribution < -0.4 is 5.32 Å². The maximum Gasteiger partial charge on any atom is 0.143 e. The molecule has 0 fully saturated rings. The third-order valence-electron chi connectivity index (χ3n) is 2.78. The second-order valence-corrected chi connectivity index (χ2v) is 5.38. The molecule has 94 valence electrons. The maximum absolute atomic E-state index is 4.54. The van der Waals surface area contributed by atoms with Crippen molar-refractivity contribution in [3.63, 3.8) is 0 Å². The number of aryl methyl sites for hydroxylation is 2. The van der Waals surface area contributed by atoms with Gasteiger partial charge in [0.05, 0.1) is 9.26 Å². The van der Waals surface area contributed by atoms with Crippen LogP contribution >= 0.6 is 22.6 Å². The Labute approximate surface area is 121 Å². The Kier molecular flexibility index (Phi) is 4.16. The van der Waals surface area contributed by atoms with Gasteiger partial charge < -0.3 is 5.32 Å². The first-order chi connectivity index (χ1) is 8.60. The summed E-state index contributed by atoms with van der Waals surface area (Å²) in [6.07, 6.45) is 0.771. The standard InChI is InChI=1S/C14H16IN3/c1-9-4-6-11(7-5-9)8-12-17-10(2)13(15)14(16-3)18-12/h4-7H,8H2,1-3H3,(H,16,17,18). The van der Waals surface area contributed by atoms with E-state index < -0.39 is 0 Å². The molecule has 4 heteroatoms. The minimum absolute atomic E-state index is 0.771. The zero-order chi connectivity index (χ0) is 13.1. The first kappa shape index (κ1) is 13.3. The van der Waals surface area contributed by atoms with Crippen molar-refractivity contribution < 1.29 is 0 Å². The quantitative estimate of drug-likeness (QED) is 0.861. The molecule has 3 nitrogen and oxygen atoms in total. The zero-order valence-corrected chi connectivity index (χ0v) is 12.9. The van der Waals surface area contributed by atoms with Gasteiger partial charge in [-0.1, -0.05) is 29.8 Å². The van der Waals surface area contributed by atoms with E-state index in [1.807, 2.05) is 14.0 Å². The summed E-state index contributed by atoms with van der Waals surface area (Å²) < 4.78 is 1.09. The average Bonchev–Trinajstić information content (AvgIpc) is 2.36. The lowest BCUT2D eigenvalue weighted by atomic mass is 10.1. The molecule has 0 atom stereocenters. The van der Waals surface area contributed by atoms with Crippen molar-refractivity contribution >= 4 is 28.4 Å². The number of nitrogens with one attached hydrogen (secondary N) is 1. The van der Waals surface area contributed by atoms with Gasteiger partial charge in [-0.15, -0.1) is 0 Å². The second-order valence-electron chi connectivity index (χ2n) is 4.30.